The molecule has 0 saturated heterocycles. The second-order valence-corrected chi connectivity index (χ2v) is 19.0. The molecular weight excluding hydrogens is 630 g/mol. The summed E-state index contributed by atoms with van der Waals surface area (Å²) >= 11 is 0. The molecule has 0 bridgehead atoms. The van der Waals surface area contributed by atoms with E-state index in [0.717, 1.165) is 50.9 Å². The number of aromatic nitrogens is 1. The first kappa shape index (κ1) is 34.8. The summed E-state index contributed by atoms with van der Waals surface area (Å²) in [6, 6.07) is 29.2. The fourth-order valence-electron chi connectivity index (χ4n) is 7.72. The van der Waals surface area contributed by atoms with Crippen molar-refractivity contribution in [1.29, 1.82) is 0 Å². The third-order valence-electron chi connectivity index (χ3n) is 10.2. The summed E-state index contributed by atoms with van der Waals surface area (Å²) in [5.41, 5.74) is 3.38. The maximum atomic E-state index is 15.9. The maximum absolute atomic E-state index is 15.9. The monoisotopic (exact) mass is 677 g/mol. The van der Waals surface area contributed by atoms with Crippen molar-refractivity contribution >= 4 is 29.5 Å². The van der Waals surface area contributed by atoms with Crippen LogP contribution >= 0.6 is 0 Å². The standard InChI is InChI=1S/C42H48FNO4Si/c1-28-31-23-16-26-47-39(31)35(43)27-34(28)37-32-21-14-15-22-33(32)40(45)44(7)38(37)36(48-41(2,3)4)24-25-42(5,6)49(46,29-17-10-8-11-18-29)30-19-12-9-13-20-30/h8-15,17-22,27,36,46H,16,23-26H2,1-7H3/t36-/m1/s1. The number of hydrogen-bond donors (Lipinski definition) is 1. The minimum Gasteiger partial charge on any atom is -0.490 e. The highest BCUT2D eigenvalue weighted by atomic mass is 28.4. The van der Waals surface area contributed by atoms with Crippen LogP contribution in [0.2, 0.25) is 5.04 Å². The zero-order chi connectivity index (χ0) is 35.1. The van der Waals surface area contributed by atoms with Crippen LogP contribution in [0.15, 0.2) is 95.8 Å². The van der Waals surface area contributed by atoms with Crippen LogP contribution in [0.4, 0.5) is 4.39 Å². The van der Waals surface area contributed by atoms with Gasteiger partial charge in [-0.1, -0.05) is 92.7 Å². The summed E-state index contributed by atoms with van der Waals surface area (Å²) < 4.78 is 30.3. The molecule has 1 N–H and O–H groups in total. The molecule has 0 unspecified atom stereocenters. The summed E-state index contributed by atoms with van der Waals surface area (Å²) in [6.07, 6.45) is 2.12. The number of ether oxygens (including phenoxy) is 2. The molecule has 49 heavy (non-hydrogen) atoms. The number of fused-ring (bicyclic) bond motifs is 2. The van der Waals surface area contributed by atoms with Gasteiger partial charge in [0.1, 0.15) is 0 Å². The Morgan fingerprint density at radius 1 is 0.918 bits per heavy atom. The lowest BCUT2D eigenvalue weighted by atomic mass is 9.86. The zero-order valence-electron chi connectivity index (χ0n) is 29.8. The van der Waals surface area contributed by atoms with Gasteiger partial charge in [0, 0.05) is 23.6 Å². The van der Waals surface area contributed by atoms with Gasteiger partial charge in [0.15, 0.2) is 11.6 Å². The maximum Gasteiger partial charge on any atom is 0.258 e. The predicted molar refractivity (Wildman–Crippen MR) is 200 cm³/mol. The van der Waals surface area contributed by atoms with Crippen LogP contribution in [0.3, 0.4) is 0 Å². The number of halogens is 1. The Morgan fingerprint density at radius 3 is 2.08 bits per heavy atom. The molecule has 7 heteroatoms. The Balaban J connectivity index is 1.55. The van der Waals surface area contributed by atoms with Crippen LogP contribution in [0, 0.1) is 12.7 Å². The smallest absolute Gasteiger partial charge is 0.258 e. The van der Waals surface area contributed by atoms with E-state index in [9.17, 15) is 9.59 Å². The van der Waals surface area contributed by atoms with E-state index in [4.69, 9.17) is 9.47 Å². The second kappa shape index (κ2) is 13.3. The predicted octanol–water partition coefficient (Wildman–Crippen LogP) is 8.15. The summed E-state index contributed by atoms with van der Waals surface area (Å²) in [4.78, 5) is 27.0. The topological polar surface area (TPSA) is 60.7 Å². The lowest BCUT2D eigenvalue weighted by Gasteiger charge is -2.42. The van der Waals surface area contributed by atoms with Gasteiger partial charge in [-0.05, 0) is 97.4 Å². The Labute approximate surface area is 290 Å². The van der Waals surface area contributed by atoms with Crippen molar-refractivity contribution in [3.05, 3.63) is 124 Å². The highest BCUT2D eigenvalue weighted by Crippen LogP contribution is 2.47. The molecule has 4 aromatic carbocycles. The molecule has 0 spiro atoms. The molecule has 6 rings (SSSR count). The lowest BCUT2D eigenvalue weighted by molar-refractivity contribution is -0.0696. The summed E-state index contributed by atoms with van der Waals surface area (Å²) in [6.45, 7) is 12.9. The van der Waals surface area contributed by atoms with E-state index >= 15 is 4.39 Å². The van der Waals surface area contributed by atoms with E-state index in [1.807, 2.05) is 113 Å². The van der Waals surface area contributed by atoms with Crippen molar-refractivity contribution in [3.8, 4) is 16.9 Å². The Bertz CT molecular complexity index is 1990. The van der Waals surface area contributed by atoms with E-state index in [1.54, 1.807) is 17.7 Å². The van der Waals surface area contributed by atoms with Gasteiger partial charge in [0.25, 0.3) is 13.9 Å². The van der Waals surface area contributed by atoms with Gasteiger partial charge in [-0.3, -0.25) is 4.79 Å². The van der Waals surface area contributed by atoms with E-state index in [-0.39, 0.29) is 5.56 Å². The van der Waals surface area contributed by atoms with Gasteiger partial charge < -0.3 is 18.8 Å². The Hall–Kier alpha value is -4.04. The summed E-state index contributed by atoms with van der Waals surface area (Å²) in [5.74, 6) is -0.0612. The van der Waals surface area contributed by atoms with Crippen molar-refractivity contribution in [2.24, 2.45) is 7.05 Å². The van der Waals surface area contributed by atoms with Gasteiger partial charge >= 0.3 is 0 Å². The van der Waals surface area contributed by atoms with Crippen molar-refractivity contribution in [2.75, 3.05) is 6.61 Å². The van der Waals surface area contributed by atoms with Crippen LogP contribution in [0.5, 0.6) is 5.75 Å². The van der Waals surface area contributed by atoms with E-state index in [2.05, 4.69) is 13.8 Å². The second-order valence-electron chi connectivity index (χ2n) is 15.0. The fourth-order valence-corrected chi connectivity index (χ4v) is 11.5. The van der Waals surface area contributed by atoms with E-state index < -0.39 is 30.9 Å². The first-order valence-corrected chi connectivity index (χ1v) is 19.3. The van der Waals surface area contributed by atoms with E-state index in [1.165, 1.54) is 0 Å². The minimum atomic E-state index is -3.32. The van der Waals surface area contributed by atoms with Crippen LogP contribution < -0.4 is 20.7 Å². The van der Waals surface area contributed by atoms with Gasteiger partial charge in [-0.25, -0.2) is 4.39 Å². The molecule has 0 aliphatic carbocycles. The van der Waals surface area contributed by atoms with Crippen LogP contribution in [0.1, 0.15) is 76.8 Å². The highest BCUT2D eigenvalue weighted by molar-refractivity contribution is 6.98. The molecule has 1 atom stereocenters. The molecule has 0 fully saturated rings. The van der Waals surface area contributed by atoms with Crippen LogP contribution in [-0.4, -0.2) is 29.9 Å². The average molecular weight is 678 g/mol. The normalized spacial score (nSPS) is 14.4. The molecule has 5 aromatic rings. The number of pyridine rings is 1. The first-order chi connectivity index (χ1) is 23.2. The summed E-state index contributed by atoms with van der Waals surface area (Å²) in [7, 11) is -1.53. The third-order valence-corrected chi connectivity index (χ3v) is 14.8. The first-order valence-electron chi connectivity index (χ1n) is 17.3. The van der Waals surface area contributed by atoms with Crippen LogP contribution in [0.25, 0.3) is 21.9 Å². The SMILES string of the molecule is Cc1c(-c2c([C@@H](CCC(C)(C)[Si](O)(c3ccccc3)c3ccccc3)OC(C)(C)C)n(C)c(=O)c3ccccc23)cc(F)c2c1CCCO2. The number of nitrogens with zero attached hydrogens (tertiary/aromatic N) is 1. The minimum absolute atomic E-state index is 0.130. The average Bonchev–Trinajstić information content (AvgIpc) is 3.10. The van der Waals surface area contributed by atoms with Gasteiger partial charge in [-0.15, -0.1) is 0 Å². The zero-order valence-corrected chi connectivity index (χ0v) is 30.8. The number of hydrogen-bond acceptors (Lipinski definition) is 4. The molecular formula is C42H48FNO4Si. The molecule has 1 aliphatic heterocycles. The molecule has 256 valence electrons. The fraction of sp³-hybridized carbons (Fsp3) is 0.357. The van der Waals surface area contributed by atoms with Crippen molar-refractivity contribution in [1.82, 2.24) is 4.57 Å². The molecule has 0 radical (unpaired) electrons. The van der Waals surface area contributed by atoms with Crippen molar-refractivity contribution in [3.63, 3.8) is 0 Å². The highest BCUT2D eigenvalue weighted by Gasteiger charge is 2.50. The molecule has 0 saturated carbocycles. The number of benzene rings is 4. The molecule has 0 amide bonds. The Morgan fingerprint density at radius 2 is 1.49 bits per heavy atom. The van der Waals surface area contributed by atoms with Crippen molar-refractivity contribution < 1.29 is 18.7 Å². The quantitative estimate of drug-likeness (QED) is 0.160. The van der Waals surface area contributed by atoms with Crippen LogP contribution in [-0.2, 0) is 18.2 Å². The largest absolute Gasteiger partial charge is 0.490 e. The summed E-state index contributed by atoms with van der Waals surface area (Å²) in [5, 5.41) is 2.68. The molecule has 1 aromatic heterocycles. The van der Waals surface area contributed by atoms with Gasteiger partial charge in [0.05, 0.1) is 24.0 Å². The molecule has 1 aliphatic rings. The number of rotatable bonds is 9. The molecule has 5 nitrogen and oxygen atoms in total. The lowest BCUT2D eigenvalue weighted by Crippen LogP contribution is -2.65. The van der Waals surface area contributed by atoms with E-state index in [0.29, 0.717) is 36.3 Å². The third kappa shape index (κ3) is 6.40. The Kier molecular flexibility index (Phi) is 9.48. The van der Waals surface area contributed by atoms with Crippen molar-refractivity contribution in [2.45, 2.75) is 84.0 Å². The van der Waals surface area contributed by atoms with Gasteiger partial charge in [-0.2, -0.15) is 0 Å². The molecule has 2 heterocycles. The van der Waals surface area contributed by atoms with Gasteiger partial charge in [0.2, 0.25) is 0 Å².